The molecule has 23 heavy (non-hydrogen) atoms. The number of carbonyl (C=O) groups is 1. The van der Waals surface area contributed by atoms with Gasteiger partial charge in [-0.2, -0.15) is 13.2 Å². The van der Waals surface area contributed by atoms with Crippen LogP contribution in [0.15, 0.2) is 24.3 Å². The Morgan fingerprint density at radius 1 is 1.26 bits per heavy atom. The van der Waals surface area contributed by atoms with Gasteiger partial charge in [-0.15, -0.1) is 12.4 Å². The molecule has 130 valence electrons. The summed E-state index contributed by atoms with van der Waals surface area (Å²) < 4.78 is 37.3. The molecule has 8 heteroatoms. The standard InChI is InChI=1S/C15H19F3N2O2.ClH/c16-15(17,18)11-4-1-9(2-5-11)8-20-14(22)10-3-6-12(19)13(21)7-10;/h1-2,4-5,10,12-13,21H,3,6-8,19H2,(H,20,22);1H/t10-,12+,13+;/m0./s1. The lowest BCUT2D eigenvalue weighted by Crippen LogP contribution is -2.44. The fourth-order valence-corrected chi connectivity index (χ4v) is 2.55. The maximum Gasteiger partial charge on any atom is 0.416 e. The largest absolute Gasteiger partial charge is 0.416 e. The summed E-state index contributed by atoms with van der Waals surface area (Å²) in [7, 11) is 0. The van der Waals surface area contributed by atoms with Crippen molar-refractivity contribution in [3.63, 3.8) is 0 Å². The van der Waals surface area contributed by atoms with Crippen molar-refractivity contribution in [2.75, 3.05) is 0 Å². The van der Waals surface area contributed by atoms with Gasteiger partial charge in [-0.25, -0.2) is 0 Å². The molecule has 0 aliphatic heterocycles. The molecule has 1 saturated carbocycles. The Labute approximate surface area is 138 Å². The predicted octanol–water partition coefficient (Wildman–Crippen LogP) is 2.23. The molecular weight excluding hydrogens is 333 g/mol. The average Bonchev–Trinajstić information content (AvgIpc) is 2.47. The number of hydrogen-bond donors (Lipinski definition) is 3. The number of benzene rings is 1. The van der Waals surface area contributed by atoms with Crippen molar-refractivity contribution in [2.24, 2.45) is 11.7 Å². The topological polar surface area (TPSA) is 75.4 Å². The van der Waals surface area contributed by atoms with E-state index < -0.39 is 17.8 Å². The van der Waals surface area contributed by atoms with Gasteiger partial charge in [0.15, 0.2) is 0 Å². The first kappa shape index (κ1) is 19.7. The fourth-order valence-electron chi connectivity index (χ4n) is 2.55. The third-order valence-corrected chi connectivity index (χ3v) is 3.99. The smallest absolute Gasteiger partial charge is 0.391 e. The van der Waals surface area contributed by atoms with Gasteiger partial charge in [0, 0.05) is 18.5 Å². The molecule has 4 N–H and O–H groups in total. The minimum Gasteiger partial charge on any atom is -0.391 e. The monoisotopic (exact) mass is 352 g/mol. The Hall–Kier alpha value is -1.31. The Kier molecular flexibility index (Phi) is 6.85. The molecule has 0 heterocycles. The Balaban J connectivity index is 0.00000264. The van der Waals surface area contributed by atoms with E-state index >= 15 is 0 Å². The van der Waals surface area contributed by atoms with Crippen molar-refractivity contribution in [2.45, 2.75) is 44.1 Å². The zero-order chi connectivity index (χ0) is 16.3. The minimum atomic E-state index is -4.36. The summed E-state index contributed by atoms with van der Waals surface area (Å²) in [5, 5.41) is 12.4. The number of halogens is 4. The van der Waals surface area contributed by atoms with Gasteiger partial charge < -0.3 is 16.2 Å². The van der Waals surface area contributed by atoms with Gasteiger partial charge in [0.05, 0.1) is 11.7 Å². The maximum absolute atomic E-state index is 12.4. The van der Waals surface area contributed by atoms with Crippen molar-refractivity contribution >= 4 is 18.3 Å². The second kappa shape index (κ2) is 7.99. The van der Waals surface area contributed by atoms with Crippen LogP contribution < -0.4 is 11.1 Å². The van der Waals surface area contributed by atoms with E-state index in [9.17, 15) is 23.1 Å². The number of alkyl halides is 3. The molecule has 1 aliphatic rings. The summed E-state index contributed by atoms with van der Waals surface area (Å²) in [4.78, 5) is 12.0. The molecule has 4 nitrogen and oxygen atoms in total. The van der Waals surface area contributed by atoms with Crippen LogP contribution in [-0.4, -0.2) is 23.2 Å². The Morgan fingerprint density at radius 3 is 2.39 bits per heavy atom. The van der Waals surface area contributed by atoms with Crippen LogP contribution in [0, 0.1) is 5.92 Å². The minimum absolute atomic E-state index is 0. The third-order valence-electron chi connectivity index (χ3n) is 3.99. The molecule has 3 atom stereocenters. The fraction of sp³-hybridized carbons (Fsp3) is 0.533. The number of aliphatic hydroxyl groups is 1. The first-order valence-corrected chi connectivity index (χ1v) is 7.15. The van der Waals surface area contributed by atoms with Crippen LogP contribution in [0.25, 0.3) is 0 Å². The average molecular weight is 353 g/mol. The number of rotatable bonds is 3. The summed E-state index contributed by atoms with van der Waals surface area (Å²) >= 11 is 0. The van der Waals surface area contributed by atoms with Crippen LogP contribution in [0.2, 0.25) is 0 Å². The number of amides is 1. The van der Waals surface area contributed by atoms with E-state index in [2.05, 4.69) is 5.32 Å². The van der Waals surface area contributed by atoms with Gasteiger partial charge in [0.25, 0.3) is 0 Å². The van der Waals surface area contributed by atoms with Gasteiger partial charge in [-0.1, -0.05) is 12.1 Å². The third kappa shape index (κ3) is 5.37. The van der Waals surface area contributed by atoms with E-state index in [1.807, 2.05) is 0 Å². The predicted molar refractivity (Wildman–Crippen MR) is 81.9 cm³/mol. The zero-order valence-corrected chi connectivity index (χ0v) is 13.2. The van der Waals surface area contributed by atoms with Crippen LogP contribution >= 0.6 is 12.4 Å². The van der Waals surface area contributed by atoms with Crippen molar-refractivity contribution in [1.82, 2.24) is 5.32 Å². The van der Waals surface area contributed by atoms with Crippen molar-refractivity contribution in [3.8, 4) is 0 Å². The number of aliphatic hydroxyl groups excluding tert-OH is 1. The molecule has 1 aromatic rings. The quantitative estimate of drug-likeness (QED) is 0.781. The van der Waals surface area contributed by atoms with Crippen LogP contribution in [0.1, 0.15) is 30.4 Å². The molecule has 0 bridgehead atoms. The SMILES string of the molecule is Cl.N[C@@H]1CC[C@H](C(=O)NCc2ccc(C(F)(F)F)cc2)C[C@H]1O. The molecule has 2 rings (SSSR count). The zero-order valence-electron chi connectivity index (χ0n) is 12.3. The van der Waals surface area contributed by atoms with Crippen molar-refractivity contribution in [3.05, 3.63) is 35.4 Å². The molecule has 1 amide bonds. The highest BCUT2D eigenvalue weighted by atomic mass is 35.5. The van der Waals surface area contributed by atoms with E-state index in [1.165, 1.54) is 12.1 Å². The first-order chi connectivity index (χ1) is 10.3. The summed E-state index contributed by atoms with van der Waals surface area (Å²) in [5.74, 6) is -0.505. The second-order valence-corrected chi connectivity index (χ2v) is 5.65. The van der Waals surface area contributed by atoms with Crippen LogP contribution in [0.5, 0.6) is 0 Å². The van der Waals surface area contributed by atoms with E-state index in [-0.39, 0.29) is 36.8 Å². The van der Waals surface area contributed by atoms with Crippen molar-refractivity contribution in [1.29, 1.82) is 0 Å². The van der Waals surface area contributed by atoms with Crippen LogP contribution in [-0.2, 0) is 17.5 Å². The first-order valence-electron chi connectivity index (χ1n) is 7.15. The van der Waals surface area contributed by atoms with E-state index in [4.69, 9.17) is 5.73 Å². The van der Waals surface area contributed by atoms with Gasteiger partial charge in [-0.3, -0.25) is 4.79 Å². The summed E-state index contributed by atoms with van der Waals surface area (Å²) in [6.07, 6.45) is -3.54. The number of hydrogen-bond acceptors (Lipinski definition) is 3. The molecule has 0 saturated heterocycles. The highest BCUT2D eigenvalue weighted by molar-refractivity contribution is 5.85. The van der Waals surface area contributed by atoms with Gasteiger partial charge in [-0.05, 0) is 37.0 Å². The Bertz CT molecular complexity index is 522. The summed E-state index contributed by atoms with van der Waals surface area (Å²) in [6.45, 7) is 0.162. The second-order valence-electron chi connectivity index (χ2n) is 5.65. The normalized spacial score (nSPS) is 24.7. The number of nitrogens with one attached hydrogen (secondary N) is 1. The molecule has 0 spiro atoms. The molecule has 1 fully saturated rings. The number of carbonyl (C=O) groups excluding carboxylic acids is 1. The van der Waals surface area contributed by atoms with E-state index in [0.29, 0.717) is 24.8 Å². The lowest BCUT2D eigenvalue weighted by molar-refractivity contribution is -0.137. The number of nitrogens with two attached hydrogens (primary N) is 1. The summed E-state index contributed by atoms with van der Waals surface area (Å²) in [5.41, 5.74) is 5.56. The lowest BCUT2D eigenvalue weighted by Gasteiger charge is -2.29. The van der Waals surface area contributed by atoms with E-state index in [0.717, 1.165) is 12.1 Å². The van der Waals surface area contributed by atoms with Crippen LogP contribution in [0.4, 0.5) is 13.2 Å². The highest BCUT2D eigenvalue weighted by Crippen LogP contribution is 2.29. The van der Waals surface area contributed by atoms with Gasteiger partial charge >= 0.3 is 6.18 Å². The molecule has 0 radical (unpaired) electrons. The summed E-state index contributed by atoms with van der Waals surface area (Å²) in [6, 6.07) is 4.37. The Morgan fingerprint density at radius 2 is 1.87 bits per heavy atom. The van der Waals surface area contributed by atoms with Crippen LogP contribution in [0.3, 0.4) is 0 Å². The highest BCUT2D eigenvalue weighted by Gasteiger charge is 2.31. The molecule has 0 unspecified atom stereocenters. The molecule has 0 aromatic heterocycles. The maximum atomic E-state index is 12.4. The van der Waals surface area contributed by atoms with Gasteiger partial charge in [0.1, 0.15) is 0 Å². The molecule has 1 aliphatic carbocycles. The molecule has 1 aromatic carbocycles. The van der Waals surface area contributed by atoms with Crippen molar-refractivity contribution < 1.29 is 23.1 Å². The van der Waals surface area contributed by atoms with E-state index in [1.54, 1.807) is 0 Å². The molecular formula is C15H20ClF3N2O2. The van der Waals surface area contributed by atoms with Gasteiger partial charge in [0.2, 0.25) is 5.91 Å². The lowest BCUT2D eigenvalue weighted by atomic mass is 9.84.